The van der Waals surface area contributed by atoms with Crippen molar-refractivity contribution in [1.29, 1.82) is 0 Å². The van der Waals surface area contributed by atoms with Gasteiger partial charge in [0.05, 0.1) is 5.03 Å². The molecule has 1 aromatic heterocycles. The molecule has 0 aromatic carbocycles. The van der Waals surface area contributed by atoms with Crippen molar-refractivity contribution in [1.82, 2.24) is 10.3 Å². The molecule has 2 N–H and O–H groups in total. The summed E-state index contributed by atoms with van der Waals surface area (Å²) in [4.78, 5) is 16.7. The largest absolute Gasteiger partial charge is 0.396 e. The molecule has 0 radical (unpaired) electrons. The lowest BCUT2D eigenvalue weighted by molar-refractivity contribution is 0.0913. The second-order valence-electron chi connectivity index (χ2n) is 6.97. The summed E-state index contributed by atoms with van der Waals surface area (Å²) in [6.45, 7) is 6.65. The van der Waals surface area contributed by atoms with Crippen molar-refractivity contribution in [3.63, 3.8) is 0 Å². The predicted molar refractivity (Wildman–Crippen MR) is 90.1 cm³/mol. The SMILES string of the molecule is CC(C)(C)Sc1cc(C(=O)NC2CCC(CO)CC2)ccn1. The van der Waals surface area contributed by atoms with Crippen LogP contribution in [0.2, 0.25) is 0 Å². The van der Waals surface area contributed by atoms with Gasteiger partial charge >= 0.3 is 0 Å². The molecule has 1 aromatic rings. The number of aliphatic hydroxyl groups is 1. The number of amides is 1. The maximum Gasteiger partial charge on any atom is 0.251 e. The Hall–Kier alpha value is -1.07. The average molecular weight is 322 g/mol. The third-order valence-corrected chi connectivity index (χ3v) is 4.89. The summed E-state index contributed by atoms with van der Waals surface area (Å²) in [6.07, 6.45) is 5.58. The molecule has 1 aliphatic rings. The summed E-state index contributed by atoms with van der Waals surface area (Å²) < 4.78 is 0.0742. The fourth-order valence-corrected chi connectivity index (χ4v) is 3.61. The zero-order valence-electron chi connectivity index (χ0n) is 13.6. The number of hydrogen-bond donors (Lipinski definition) is 2. The van der Waals surface area contributed by atoms with Crippen molar-refractivity contribution in [3.8, 4) is 0 Å². The highest BCUT2D eigenvalue weighted by Crippen LogP contribution is 2.30. The van der Waals surface area contributed by atoms with E-state index in [4.69, 9.17) is 5.11 Å². The molecular formula is C17H26N2O2S. The second-order valence-corrected chi connectivity index (χ2v) is 8.82. The summed E-state index contributed by atoms with van der Waals surface area (Å²) in [5.41, 5.74) is 0.672. The Morgan fingerprint density at radius 1 is 1.36 bits per heavy atom. The standard InChI is InChI=1S/C17H26N2O2S/c1-17(2,3)22-15-10-13(8-9-18-15)16(21)19-14-6-4-12(11-20)5-7-14/h8-10,12,14,20H,4-7,11H2,1-3H3,(H,19,21). The number of hydrogen-bond acceptors (Lipinski definition) is 4. The van der Waals surface area contributed by atoms with E-state index in [1.54, 1.807) is 24.0 Å². The molecule has 2 rings (SSSR count). The first-order chi connectivity index (χ1) is 10.4. The number of pyridine rings is 1. The topological polar surface area (TPSA) is 62.2 Å². The van der Waals surface area contributed by atoms with Gasteiger partial charge in [0, 0.05) is 29.2 Å². The molecule has 122 valence electrons. The molecule has 22 heavy (non-hydrogen) atoms. The van der Waals surface area contributed by atoms with Gasteiger partial charge in [-0.25, -0.2) is 4.98 Å². The predicted octanol–water partition coefficient (Wildman–Crippen LogP) is 3.25. The summed E-state index contributed by atoms with van der Waals surface area (Å²) in [6, 6.07) is 3.86. The Morgan fingerprint density at radius 3 is 2.64 bits per heavy atom. The lowest BCUT2D eigenvalue weighted by Crippen LogP contribution is -2.38. The van der Waals surface area contributed by atoms with Crippen molar-refractivity contribution in [2.45, 2.75) is 62.3 Å². The van der Waals surface area contributed by atoms with Crippen molar-refractivity contribution in [2.75, 3.05) is 6.61 Å². The van der Waals surface area contributed by atoms with Gasteiger partial charge in [-0.3, -0.25) is 4.79 Å². The van der Waals surface area contributed by atoms with Gasteiger partial charge in [0.15, 0.2) is 0 Å². The summed E-state index contributed by atoms with van der Waals surface area (Å²) in [5, 5.41) is 13.2. The number of nitrogens with one attached hydrogen (secondary N) is 1. The molecule has 1 aliphatic carbocycles. The molecule has 5 heteroatoms. The summed E-state index contributed by atoms with van der Waals surface area (Å²) >= 11 is 1.66. The average Bonchev–Trinajstić information content (AvgIpc) is 2.46. The van der Waals surface area contributed by atoms with Crippen molar-refractivity contribution in [2.24, 2.45) is 5.92 Å². The number of carbonyl (C=O) groups excluding carboxylic acids is 1. The van der Waals surface area contributed by atoms with Crippen LogP contribution in [0.15, 0.2) is 23.4 Å². The monoisotopic (exact) mass is 322 g/mol. The first-order valence-electron chi connectivity index (χ1n) is 7.94. The molecule has 0 aliphatic heterocycles. The molecule has 1 saturated carbocycles. The zero-order valence-corrected chi connectivity index (χ0v) is 14.4. The van der Waals surface area contributed by atoms with Crippen LogP contribution < -0.4 is 5.32 Å². The number of thioether (sulfide) groups is 1. The van der Waals surface area contributed by atoms with Crippen LogP contribution in [-0.2, 0) is 0 Å². The smallest absolute Gasteiger partial charge is 0.251 e. The molecule has 0 atom stereocenters. The molecule has 1 fully saturated rings. The minimum Gasteiger partial charge on any atom is -0.396 e. The molecule has 0 saturated heterocycles. The van der Waals surface area contributed by atoms with E-state index >= 15 is 0 Å². The highest BCUT2D eigenvalue weighted by Gasteiger charge is 2.22. The van der Waals surface area contributed by atoms with Crippen LogP contribution in [0.5, 0.6) is 0 Å². The number of nitrogens with zero attached hydrogens (tertiary/aromatic N) is 1. The molecule has 1 amide bonds. The van der Waals surface area contributed by atoms with Gasteiger partial charge in [-0.05, 0) is 43.7 Å². The van der Waals surface area contributed by atoms with Crippen LogP contribution in [0.25, 0.3) is 0 Å². The van der Waals surface area contributed by atoms with Crippen LogP contribution >= 0.6 is 11.8 Å². The molecule has 0 unspecified atom stereocenters. The number of aliphatic hydroxyl groups excluding tert-OH is 1. The molecule has 4 nitrogen and oxygen atoms in total. The summed E-state index contributed by atoms with van der Waals surface area (Å²) in [5.74, 6) is 0.384. The zero-order chi connectivity index (χ0) is 16.2. The first-order valence-corrected chi connectivity index (χ1v) is 8.76. The molecular weight excluding hydrogens is 296 g/mol. The quantitative estimate of drug-likeness (QED) is 0.835. The molecule has 0 bridgehead atoms. The number of aromatic nitrogens is 1. The lowest BCUT2D eigenvalue weighted by Gasteiger charge is -2.28. The second kappa shape index (κ2) is 7.47. The first kappa shape index (κ1) is 17.3. The van der Waals surface area contributed by atoms with E-state index in [1.165, 1.54) is 0 Å². The Balaban J connectivity index is 1.94. The normalized spacial score (nSPS) is 22.4. The third kappa shape index (κ3) is 5.29. The van der Waals surface area contributed by atoms with Gasteiger partial charge in [0.2, 0.25) is 0 Å². The minimum atomic E-state index is -0.0226. The van der Waals surface area contributed by atoms with Crippen LogP contribution in [0.3, 0.4) is 0 Å². The van der Waals surface area contributed by atoms with Gasteiger partial charge in [-0.2, -0.15) is 0 Å². The van der Waals surface area contributed by atoms with Crippen LogP contribution in [0.1, 0.15) is 56.8 Å². The van der Waals surface area contributed by atoms with Gasteiger partial charge < -0.3 is 10.4 Å². The van der Waals surface area contributed by atoms with E-state index in [0.717, 1.165) is 30.7 Å². The van der Waals surface area contributed by atoms with Crippen LogP contribution in [0, 0.1) is 5.92 Å². The van der Waals surface area contributed by atoms with E-state index in [-0.39, 0.29) is 23.3 Å². The van der Waals surface area contributed by atoms with E-state index in [9.17, 15) is 4.79 Å². The fraction of sp³-hybridized carbons (Fsp3) is 0.647. The van der Waals surface area contributed by atoms with Crippen molar-refractivity contribution in [3.05, 3.63) is 23.9 Å². The van der Waals surface area contributed by atoms with Crippen LogP contribution in [0.4, 0.5) is 0 Å². The van der Waals surface area contributed by atoms with Gasteiger partial charge in [0.25, 0.3) is 5.91 Å². The number of carbonyl (C=O) groups is 1. The summed E-state index contributed by atoms with van der Waals surface area (Å²) in [7, 11) is 0. The highest BCUT2D eigenvalue weighted by molar-refractivity contribution is 8.00. The van der Waals surface area contributed by atoms with E-state index in [2.05, 4.69) is 31.1 Å². The number of rotatable bonds is 4. The molecule has 0 spiro atoms. The van der Waals surface area contributed by atoms with Crippen molar-refractivity contribution < 1.29 is 9.90 Å². The highest BCUT2D eigenvalue weighted by atomic mass is 32.2. The maximum atomic E-state index is 12.4. The van der Waals surface area contributed by atoms with Gasteiger partial charge in [0.1, 0.15) is 0 Å². The van der Waals surface area contributed by atoms with Gasteiger partial charge in [-0.15, -0.1) is 11.8 Å². The Bertz CT molecular complexity index is 506. The third-order valence-electron chi connectivity index (χ3n) is 3.85. The van der Waals surface area contributed by atoms with E-state index < -0.39 is 0 Å². The molecule has 1 heterocycles. The minimum absolute atomic E-state index is 0.0226. The van der Waals surface area contributed by atoms with Gasteiger partial charge in [-0.1, -0.05) is 20.8 Å². The van der Waals surface area contributed by atoms with Crippen LogP contribution in [-0.4, -0.2) is 33.4 Å². The fourth-order valence-electron chi connectivity index (χ4n) is 2.68. The Morgan fingerprint density at radius 2 is 2.05 bits per heavy atom. The lowest BCUT2D eigenvalue weighted by atomic mass is 9.86. The Labute approximate surface area is 137 Å². The van der Waals surface area contributed by atoms with E-state index in [1.807, 2.05) is 6.07 Å². The maximum absolute atomic E-state index is 12.4. The van der Waals surface area contributed by atoms with Crippen molar-refractivity contribution >= 4 is 17.7 Å². The van der Waals surface area contributed by atoms with E-state index in [0.29, 0.717) is 11.5 Å². The Kier molecular flexibility index (Phi) is 5.87.